The van der Waals surface area contributed by atoms with Gasteiger partial charge in [0.25, 0.3) is 5.92 Å². The number of hydrogen-bond acceptors (Lipinski definition) is 3. The lowest BCUT2D eigenvalue weighted by atomic mass is 9.89. The Labute approximate surface area is 177 Å². The smallest absolute Gasteiger partial charge is 0.266 e. The van der Waals surface area contributed by atoms with Crippen molar-refractivity contribution in [2.45, 2.75) is 63.1 Å². The molecule has 0 heterocycles. The molecule has 0 bridgehead atoms. The molecular formula is C24H33F2NO3. The summed E-state index contributed by atoms with van der Waals surface area (Å²) in [7, 11) is 1.60. The van der Waals surface area contributed by atoms with Gasteiger partial charge in [0.15, 0.2) is 0 Å². The molecule has 1 aliphatic carbocycles. The number of halogens is 2. The topological polar surface area (TPSA) is 69.6 Å². The van der Waals surface area contributed by atoms with E-state index in [4.69, 9.17) is 0 Å². The Morgan fingerprint density at radius 2 is 1.93 bits per heavy atom. The minimum Gasteiger partial charge on any atom is -0.393 e. The van der Waals surface area contributed by atoms with Crippen molar-refractivity contribution in [2.24, 2.45) is 11.8 Å². The maximum Gasteiger partial charge on any atom is 0.266 e. The van der Waals surface area contributed by atoms with E-state index in [2.05, 4.69) is 5.32 Å². The molecule has 3 N–H and O–H groups in total. The van der Waals surface area contributed by atoms with Crippen LogP contribution in [0.5, 0.6) is 0 Å². The van der Waals surface area contributed by atoms with E-state index in [1.54, 1.807) is 7.05 Å². The molecule has 166 valence electrons. The molecule has 0 saturated heterocycles. The highest BCUT2D eigenvalue weighted by atomic mass is 19.3. The lowest BCUT2D eigenvalue weighted by Crippen LogP contribution is -2.21. The van der Waals surface area contributed by atoms with Crippen molar-refractivity contribution in [1.82, 2.24) is 5.32 Å². The largest absolute Gasteiger partial charge is 0.393 e. The van der Waals surface area contributed by atoms with E-state index < -0.39 is 24.0 Å². The van der Waals surface area contributed by atoms with E-state index in [0.29, 0.717) is 12.8 Å². The highest BCUT2D eigenvalue weighted by Gasteiger charge is 2.40. The molecule has 1 amide bonds. The third-order valence-electron chi connectivity index (χ3n) is 5.70. The molecule has 1 saturated carbocycles. The number of allylic oxidation sites excluding steroid dienone is 3. The van der Waals surface area contributed by atoms with Gasteiger partial charge in [0.2, 0.25) is 5.91 Å². The summed E-state index contributed by atoms with van der Waals surface area (Å²) in [6.45, 7) is 0. The fraction of sp³-hybridized carbons (Fsp3) is 0.542. The SMILES string of the molecule is CNC(=O)CCCC=CC[C@H]1C(O)CC(O)[C@@H]1C=CC(F)(F)CCc1ccccc1. The predicted molar refractivity (Wildman–Crippen MR) is 114 cm³/mol. The van der Waals surface area contributed by atoms with Gasteiger partial charge in [-0.2, -0.15) is 0 Å². The first kappa shape index (κ1) is 24.2. The van der Waals surface area contributed by atoms with Crippen molar-refractivity contribution in [3.8, 4) is 0 Å². The third-order valence-corrected chi connectivity index (χ3v) is 5.70. The molecule has 2 rings (SSSR count). The summed E-state index contributed by atoms with van der Waals surface area (Å²) in [6, 6.07) is 9.17. The van der Waals surface area contributed by atoms with Gasteiger partial charge in [-0.15, -0.1) is 0 Å². The zero-order valence-corrected chi connectivity index (χ0v) is 17.5. The number of aliphatic hydroxyl groups is 2. The van der Waals surface area contributed by atoms with Gasteiger partial charge in [-0.1, -0.05) is 48.6 Å². The van der Waals surface area contributed by atoms with Gasteiger partial charge in [-0.25, -0.2) is 8.78 Å². The zero-order chi connectivity index (χ0) is 22.0. The van der Waals surface area contributed by atoms with Crippen molar-refractivity contribution >= 4 is 5.91 Å². The first-order valence-corrected chi connectivity index (χ1v) is 10.6. The number of hydrogen-bond donors (Lipinski definition) is 3. The fourth-order valence-corrected chi connectivity index (χ4v) is 3.87. The van der Waals surface area contributed by atoms with Crippen LogP contribution in [-0.4, -0.2) is 41.3 Å². The molecule has 1 aliphatic rings. The Kier molecular flexibility index (Phi) is 9.66. The quantitative estimate of drug-likeness (QED) is 0.373. The summed E-state index contributed by atoms with van der Waals surface area (Å²) in [5.41, 5.74) is 0.862. The number of nitrogens with one attached hydrogen (secondary N) is 1. The molecule has 2 unspecified atom stereocenters. The zero-order valence-electron chi connectivity index (χ0n) is 17.5. The van der Waals surface area contributed by atoms with E-state index in [1.807, 2.05) is 42.5 Å². The Hall–Kier alpha value is -2.05. The molecule has 0 spiro atoms. The predicted octanol–water partition coefficient (Wildman–Crippen LogP) is 4.03. The number of carbonyl (C=O) groups excluding carboxylic acids is 1. The van der Waals surface area contributed by atoms with E-state index in [-0.39, 0.29) is 31.1 Å². The molecule has 1 aromatic rings. The number of aliphatic hydroxyl groups excluding tert-OH is 2. The minimum atomic E-state index is -2.97. The molecule has 4 atom stereocenters. The molecule has 1 aromatic carbocycles. The molecule has 4 nitrogen and oxygen atoms in total. The van der Waals surface area contributed by atoms with Crippen LogP contribution < -0.4 is 5.32 Å². The average Bonchev–Trinajstić information content (AvgIpc) is 3.00. The monoisotopic (exact) mass is 421 g/mol. The van der Waals surface area contributed by atoms with Crippen LogP contribution in [0.3, 0.4) is 0 Å². The molecular weight excluding hydrogens is 388 g/mol. The molecule has 0 aromatic heterocycles. The summed E-state index contributed by atoms with van der Waals surface area (Å²) < 4.78 is 28.6. The van der Waals surface area contributed by atoms with Gasteiger partial charge in [0.1, 0.15) is 0 Å². The van der Waals surface area contributed by atoms with Gasteiger partial charge in [-0.3, -0.25) is 4.79 Å². The van der Waals surface area contributed by atoms with Gasteiger partial charge < -0.3 is 15.5 Å². The molecule has 1 fully saturated rings. The van der Waals surface area contributed by atoms with Crippen molar-refractivity contribution in [3.05, 3.63) is 60.2 Å². The Balaban J connectivity index is 1.87. The van der Waals surface area contributed by atoms with Crippen LogP contribution in [0.2, 0.25) is 0 Å². The van der Waals surface area contributed by atoms with Crippen molar-refractivity contribution in [1.29, 1.82) is 0 Å². The average molecular weight is 422 g/mol. The second-order valence-corrected chi connectivity index (χ2v) is 7.99. The van der Waals surface area contributed by atoms with Crippen molar-refractivity contribution < 1.29 is 23.8 Å². The van der Waals surface area contributed by atoms with Crippen LogP contribution in [-0.2, 0) is 11.2 Å². The number of aryl methyl sites for hydroxylation is 1. The summed E-state index contributed by atoms with van der Waals surface area (Å²) in [5, 5.41) is 23.1. The normalized spacial score (nSPS) is 24.7. The van der Waals surface area contributed by atoms with E-state index in [9.17, 15) is 23.8 Å². The summed E-state index contributed by atoms with van der Waals surface area (Å²) in [6.07, 6.45) is 7.16. The maximum absolute atomic E-state index is 14.3. The summed E-state index contributed by atoms with van der Waals surface area (Å²) >= 11 is 0. The number of carbonyl (C=O) groups is 1. The number of rotatable bonds is 11. The first-order chi connectivity index (χ1) is 14.3. The summed E-state index contributed by atoms with van der Waals surface area (Å²) in [4.78, 5) is 11.2. The molecule has 30 heavy (non-hydrogen) atoms. The number of benzene rings is 1. The van der Waals surface area contributed by atoms with Crippen molar-refractivity contribution in [3.63, 3.8) is 0 Å². The maximum atomic E-state index is 14.3. The third kappa shape index (κ3) is 8.00. The standard InChI is InChI=1S/C24H33F2NO3/c1-27-23(30)12-8-3-2-7-11-19-20(22(29)17-21(19)28)14-16-24(25,26)15-13-18-9-5-4-6-10-18/h2,4-7,9-10,14,16,19-22,28-29H,3,8,11-13,15,17H2,1H3,(H,27,30)/t19-,20-,21?,22?/m1/s1. The van der Waals surface area contributed by atoms with Crippen LogP contribution >= 0.6 is 0 Å². The van der Waals surface area contributed by atoms with Crippen LogP contribution in [0.25, 0.3) is 0 Å². The molecule has 0 radical (unpaired) electrons. The molecule has 6 heteroatoms. The van der Waals surface area contributed by atoms with Crippen LogP contribution in [0.15, 0.2) is 54.6 Å². The second kappa shape index (κ2) is 12.0. The van der Waals surface area contributed by atoms with E-state index >= 15 is 0 Å². The molecule has 0 aliphatic heterocycles. The highest BCUT2D eigenvalue weighted by molar-refractivity contribution is 5.75. The van der Waals surface area contributed by atoms with E-state index in [1.165, 1.54) is 6.08 Å². The Morgan fingerprint density at radius 3 is 2.63 bits per heavy atom. The van der Waals surface area contributed by atoms with Crippen LogP contribution in [0, 0.1) is 11.8 Å². The van der Waals surface area contributed by atoms with Gasteiger partial charge in [0.05, 0.1) is 12.2 Å². The number of amides is 1. The van der Waals surface area contributed by atoms with Gasteiger partial charge >= 0.3 is 0 Å². The fourth-order valence-electron chi connectivity index (χ4n) is 3.87. The van der Waals surface area contributed by atoms with Crippen LogP contribution in [0.1, 0.15) is 44.1 Å². The van der Waals surface area contributed by atoms with Crippen LogP contribution in [0.4, 0.5) is 8.78 Å². The lowest BCUT2D eigenvalue weighted by Gasteiger charge is -2.20. The van der Waals surface area contributed by atoms with Gasteiger partial charge in [0, 0.05) is 32.2 Å². The second-order valence-electron chi connectivity index (χ2n) is 7.99. The number of unbranched alkanes of at least 4 members (excludes halogenated alkanes) is 1. The highest BCUT2D eigenvalue weighted by Crippen LogP contribution is 2.37. The Bertz CT molecular complexity index is 706. The lowest BCUT2D eigenvalue weighted by molar-refractivity contribution is -0.120. The number of alkyl halides is 2. The van der Waals surface area contributed by atoms with E-state index in [0.717, 1.165) is 24.5 Å². The minimum absolute atomic E-state index is 0.00358. The van der Waals surface area contributed by atoms with Crippen molar-refractivity contribution in [2.75, 3.05) is 7.05 Å². The first-order valence-electron chi connectivity index (χ1n) is 10.6. The Morgan fingerprint density at radius 1 is 1.20 bits per heavy atom. The van der Waals surface area contributed by atoms with Gasteiger partial charge in [-0.05, 0) is 43.2 Å². The summed E-state index contributed by atoms with van der Waals surface area (Å²) in [5.74, 6) is -3.77.